The summed E-state index contributed by atoms with van der Waals surface area (Å²) in [6.07, 6.45) is 0. The third-order valence-corrected chi connectivity index (χ3v) is 5.50. The van der Waals surface area contributed by atoms with Crippen molar-refractivity contribution in [3.8, 4) is 0 Å². The van der Waals surface area contributed by atoms with Crippen LogP contribution in [0.1, 0.15) is 13.8 Å². The van der Waals surface area contributed by atoms with Gasteiger partial charge in [-0.15, -0.1) is 10.2 Å². The van der Waals surface area contributed by atoms with E-state index in [1.165, 1.54) is 23.1 Å². The SMILES string of the molecule is CC(C)CNc1nnc(SCC(=O)Nc2ccccc2I)s1. The summed E-state index contributed by atoms with van der Waals surface area (Å²) >= 11 is 5.07. The van der Waals surface area contributed by atoms with Crippen molar-refractivity contribution in [2.24, 2.45) is 5.92 Å². The molecule has 0 aliphatic heterocycles. The Kier molecular flexibility index (Phi) is 6.90. The average Bonchev–Trinajstić information content (AvgIpc) is 2.93. The van der Waals surface area contributed by atoms with Gasteiger partial charge in [-0.3, -0.25) is 4.79 Å². The van der Waals surface area contributed by atoms with Crippen molar-refractivity contribution < 1.29 is 4.79 Å². The van der Waals surface area contributed by atoms with E-state index >= 15 is 0 Å². The van der Waals surface area contributed by atoms with Gasteiger partial charge in [0.2, 0.25) is 11.0 Å². The van der Waals surface area contributed by atoms with Crippen LogP contribution in [0.2, 0.25) is 0 Å². The summed E-state index contributed by atoms with van der Waals surface area (Å²) in [6, 6.07) is 7.70. The highest BCUT2D eigenvalue weighted by atomic mass is 127. The molecule has 5 nitrogen and oxygen atoms in total. The number of aromatic nitrogens is 2. The van der Waals surface area contributed by atoms with Gasteiger partial charge in [-0.25, -0.2) is 0 Å². The molecule has 0 atom stereocenters. The Bertz CT molecular complexity index is 633. The first-order chi connectivity index (χ1) is 10.5. The summed E-state index contributed by atoms with van der Waals surface area (Å²) in [7, 11) is 0. The molecule has 0 unspecified atom stereocenters. The van der Waals surface area contributed by atoms with Gasteiger partial charge in [0.1, 0.15) is 0 Å². The summed E-state index contributed by atoms with van der Waals surface area (Å²) < 4.78 is 1.82. The number of anilines is 2. The minimum Gasteiger partial charge on any atom is -0.360 e. The molecule has 0 aliphatic carbocycles. The molecule has 1 aromatic heterocycles. The topological polar surface area (TPSA) is 66.9 Å². The summed E-state index contributed by atoms with van der Waals surface area (Å²) in [5, 5.41) is 15.1. The molecule has 118 valence electrons. The molecular weight excluding hydrogens is 431 g/mol. The van der Waals surface area contributed by atoms with Crippen LogP contribution in [0.3, 0.4) is 0 Å². The number of carbonyl (C=O) groups is 1. The minimum atomic E-state index is -0.0407. The van der Waals surface area contributed by atoms with Crippen molar-refractivity contribution in [1.82, 2.24) is 10.2 Å². The maximum Gasteiger partial charge on any atom is 0.234 e. The van der Waals surface area contributed by atoms with Crippen LogP contribution in [0.15, 0.2) is 28.6 Å². The number of rotatable bonds is 7. The number of amides is 1. The lowest BCUT2D eigenvalue weighted by Gasteiger charge is -2.05. The molecule has 22 heavy (non-hydrogen) atoms. The third-order valence-electron chi connectivity index (χ3n) is 2.54. The van der Waals surface area contributed by atoms with Crippen molar-refractivity contribution in [1.29, 1.82) is 0 Å². The lowest BCUT2D eigenvalue weighted by atomic mass is 10.2. The molecule has 2 aromatic rings. The van der Waals surface area contributed by atoms with Crippen LogP contribution in [0.25, 0.3) is 0 Å². The highest BCUT2D eigenvalue weighted by Crippen LogP contribution is 2.26. The Hall–Kier alpha value is -0.870. The van der Waals surface area contributed by atoms with E-state index in [0.717, 1.165) is 25.3 Å². The maximum absolute atomic E-state index is 12.0. The first-order valence-electron chi connectivity index (χ1n) is 6.79. The lowest BCUT2D eigenvalue weighted by molar-refractivity contribution is -0.113. The molecule has 0 radical (unpaired) electrons. The van der Waals surface area contributed by atoms with Crippen LogP contribution in [-0.4, -0.2) is 28.4 Å². The molecular formula is C14H17IN4OS2. The number of hydrogen-bond donors (Lipinski definition) is 2. The zero-order valence-corrected chi connectivity index (χ0v) is 16.1. The van der Waals surface area contributed by atoms with Gasteiger partial charge in [0, 0.05) is 10.1 Å². The van der Waals surface area contributed by atoms with Crippen LogP contribution in [-0.2, 0) is 4.79 Å². The Morgan fingerprint density at radius 3 is 2.86 bits per heavy atom. The number of thioether (sulfide) groups is 1. The largest absolute Gasteiger partial charge is 0.360 e. The van der Waals surface area contributed by atoms with Crippen molar-refractivity contribution in [2.45, 2.75) is 18.2 Å². The first-order valence-corrected chi connectivity index (χ1v) is 9.67. The zero-order valence-electron chi connectivity index (χ0n) is 12.3. The van der Waals surface area contributed by atoms with Crippen LogP contribution in [0, 0.1) is 9.49 Å². The summed E-state index contributed by atoms with van der Waals surface area (Å²) in [6.45, 7) is 5.14. The number of halogens is 1. The van der Waals surface area contributed by atoms with Gasteiger partial charge >= 0.3 is 0 Å². The van der Waals surface area contributed by atoms with Gasteiger partial charge in [-0.05, 0) is 40.6 Å². The number of hydrogen-bond acceptors (Lipinski definition) is 6. The first kappa shape index (κ1) is 17.5. The smallest absolute Gasteiger partial charge is 0.234 e. The summed E-state index contributed by atoms with van der Waals surface area (Å²) in [5.74, 6) is 0.837. The minimum absolute atomic E-state index is 0.0407. The predicted molar refractivity (Wildman–Crippen MR) is 102 cm³/mol. The van der Waals surface area contributed by atoms with Gasteiger partial charge in [0.15, 0.2) is 4.34 Å². The van der Waals surface area contributed by atoms with Crippen LogP contribution in [0.4, 0.5) is 10.8 Å². The second-order valence-corrected chi connectivity index (χ2v) is 8.33. The Balaban J connectivity index is 1.80. The Morgan fingerprint density at radius 1 is 1.36 bits per heavy atom. The van der Waals surface area contributed by atoms with Crippen molar-refractivity contribution in [2.75, 3.05) is 22.9 Å². The molecule has 0 spiro atoms. The van der Waals surface area contributed by atoms with E-state index in [9.17, 15) is 4.79 Å². The van der Waals surface area contributed by atoms with Crippen molar-refractivity contribution >= 4 is 62.4 Å². The van der Waals surface area contributed by atoms with Gasteiger partial charge in [-0.1, -0.05) is 49.1 Å². The monoisotopic (exact) mass is 448 g/mol. The number of nitrogens with one attached hydrogen (secondary N) is 2. The van der Waals surface area contributed by atoms with E-state index in [-0.39, 0.29) is 5.91 Å². The molecule has 1 heterocycles. The van der Waals surface area contributed by atoms with Gasteiger partial charge < -0.3 is 10.6 Å². The molecule has 0 bridgehead atoms. The van der Waals surface area contributed by atoms with E-state index in [0.29, 0.717) is 11.7 Å². The standard InChI is InChI=1S/C14H17IN4OS2/c1-9(2)7-16-13-18-19-14(22-13)21-8-12(20)17-11-6-4-3-5-10(11)15/h3-6,9H,7-8H2,1-2H3,(H,16,18)(H,17,20). The van der Waals surface area contributed by atoms with E-state index in [4.69, 9.17) is 0 Å². The van der Waals surface area contributed by atoms with Crippen LogP contribution >= 0.6 is 45.7 Å². The fourth-order valence-corrected chi connectivity index (χ4v) is 3.59. The number of carbonyl (C=O) groups excluding carboxylic acids is 1. The second kappa shape index (κ2) is 8.68. The van der Waals surface area contributed by atoms with Crippen molar-refractivity contribution in [3.05, 3.63) is 27.8 Å². The number of para-hydroxylation sites is 1. The molecule has 8 heteroatoms. The van der Waals surface area contributed by atoms with Gasteiger partial charge in [-0.2, -0.15) is 0 Å². The average molecular weight is 448 g/mol. The van der Waals surface area contributed by atoms with Gasteiger partial charge in [0.25, 0.3) is 0 Å². The van der Waals surface area contributed by atoms with E-state index in [1.807, 2.05) is 24.3 Å². The molecule has 0 saturated heterocycles. The molecule has 0 saturated carbocycles. The maximum atomic E-state index is 12.0. The molecule has 2 rings (SSSR count). The summed E-state index contributed by atoms with van der Waals surface area (Å²) in [4.78, 5) is 12.0. The molecule has 2 N–H and O–H groups in total. The number of benzene rings is 1. The van der Waals surface area contributed by atoms with Gasteiger partial charge in [0.05, 0.1) is 11.4 Å². The normalized spacial score (nSPS) is 10.7. The molecule has 1 aromatic carbocycles. The number of nitrogens with zero attached hydrogens (tertiary/aromatic N) is 2. The zero-order chi connectivity index (χ0) is 15.9. The van der Waals surface area contributed by atoms with Crippen molar-refractivity contribution in [3.63, 3.8) is 0 Å². The highest BCUT2D eigenvalue weighted by Gasteiger charge is 2.09. The Morgan fingerprint density at radius 2 is 2.14 bits per heavy atom. The van der Waals surface area contributed by atoms with Crippen LogP contribution < -0.4 is 10.6 Å². The third kappa shape index (κ3) is 5.73. The fraction of sp³-hybridized carbons (Fsp3) is 0.357. The van der Waals surface area contributed by atoms with Crippen LogP contribution in [0.5, 0.6) is 0 Å². The molecule has 0 aliphatic rings. The fourth-order valence-electron chi connectivity index (χ4n) is 1.51. The lowest BCUT2D eigenvalue weighted by Crippen LogP contribution is -2.14. The summed E-state index contributed by atoms with van der Waals surface area (Å²) in [5.41, 5.74) is 0.838. The molecule has 1 amide bonds. The quantitative estimate of drug-likeness (QED) is 0.496. The highest BCUT2D eigenvalue weighted by molar-refractivity contribution is 14.1. The van der Waals surface area contributed by atoms with E-state index in [2.05, 4.69) is 57.3 Å². The molecule has 0 fully saturated rings. The van der Waals surface area contributed by atoms with E-state index in [1.54, 1.807) is 0 Å². The Labute approximate surface area is 151 Å². The van der Waals surface area contributed by atoms with E-state index < -0.39 is 0 Å². The predicted octanol–water partition coefficient (Wildman–Crippen LogP) is 3.94. The second-order valence-electron chi connectivity index (χ2n) is 4.96.